The molecule has 3 aromatic carbocycles. The molecule has 0 aliphatic rings. The van der Waals surface area contributed by atoms with Crippen LogP contribution in [0.3, 0.4) is 0 Å². The molecule has 3 aromatic rings. The highest BCUT2D eigenvalue weighted by molar-refractivity contribution is 9.10. The van der Waals surface area contributed by atoms with Gasteiger partial charge in [-0.1, -0.05) is 104 Å². The Morgan fingerprint density at radius 3 is 2.35 bits per heavy atom. The van der Waals surface area contributed by atoms with Crippen LogP contribution < -0.4 is 10.1 Å². The summed E-state index contributed by atoms with van der Waals surface area (Å²) >= 11 is 3.53. The van der Waals surface area contributed by atoms with E-state index in [1.54, 1.807) is 4.90 Å². The van der Waals surface area contributed by atoms with Crippen molar-refractivity contribution in [2.45, 2.75) is 58.5 Å². The number of rotatable bonds is 13. The molecule has 0 fully saturated rings. The van der Waals surface area contributed by atoms with E-state index in [1.807, 2.05) is 78.9 Å². The highest BCUT2D eigenvalue weighted by Crippen LogP contribution is 2.26. The Labute approximate surface area is 229 Å². The molecule has 3 rings (SSSR count). The fourth-order valence-corrected chi connectivity index (χ4v) is 4.65. The lowest BCUT2D eigenvalue weighted by atomic mass is 10.0. The minimum Gasteiger partial charge on any atom is -0.483 e. The number of halogens is 1. The number of amides is 2. The molecule has 1 unspecified atom stereocenters. The van der Waals surface area contributed by atoms with Gasteiger partial charge in [0, 0.05) is 24.0 Å². The second kappa shape index (κ2) is 14.6. The maximum atomic E-state index is 13.8. The Bertz CT molecular complexity index is 1150. The van der Waals surface area contributed by atoms with Crippen LogP contribution in [-0.2, 0) is 22.6 Å². The van der Waals surface area contributed by atoms with Crippen molar-refractivity contribution in [1.82, 2.24) is 10.2 Å². The number of nitrogens with zero attached hydrogens (tertiary/aromatic N) is 1. The summed E-state index contributed by atoms with van der Waals surface area (Å²) in [6.07, 6.45) is 2.28. The number of unbranched alkanes of at least 4 members (excludes halogenated alkanes) is 1. The summed E-state index contributed by atoms with van der Waals surface area (Å²) in [5, 5.41) is 3.05. The molecule has 5 nitrogen and oxygen atoms in total. The molecule has 0 saturated carbocycles. The summed E-state index contributed by atoms with van der Waals surface area (Å²) in [4.78, 5) is 28.9. The van der Waals surface area contributed by atoms with Gasteiger partial charge in [0.05, 0.1) is 0 Å². The summed E-state index contributed by atoms with van der Waals surface area (Å²) in [6, 6.07) is 24.8. The standard InChI is InChI=1S/C31H37BrN2O3/c1-4-5-18-33-31(36)28(20-24-12-7-6-8-13-24)34(21-25-14-11-15-26(32)19-25)30(35)22-37-29-17-10-9-16-27(29)23(2)3/h6-17,19,23,28H,4-5,18,20-22H2,1-3H3,(H,33,36). The van der Waals surface area contributed by atoms with Gasteiger partial charge in [0.15, 0.2) is 6.61 Å². The zero-order valence-electron chi connectivity index (χ0n) is 22.0. The SMILES string of the molecule is CCCCNC(=O)C(Cc1ccccc1)N(Cc1cccc(Br)c1)C(=O)COc1ccccc1C(C)C. The molecule has 0 spiro atoms. The van der Waals surface area contributed by atoms with Crippen LogP contribution in [0, 0.1) is 0 Å². The van der Waals surface area contributed by atoms with E-state index < -0.39 is 6.04 Å². The maximum Gasteiger partial charge on any atom is 0.261 e. The number of carbonyl (C=O) groups excluding carboxylic acids is 2. The van der Waals surface area contributed by atoms with Crippen LogP contribution in [0.5, 0.6) is 5.75 Å². The van der Waals surface area contributed by atoms with Gasteiger partial charge in [0.2, 0.25) is 5.91 Å². The second-order valence-corrected chi connectivity index (χ2v) is 10.4. The van der Waals surface area contributed by atoms with E-state index in [4.69, 9.17) is 4.74 Å². The lowest BCUT2D eigenvalue weighted by molar-refractivity contribution is -0.142. The van der Waals surface area contributed by atoms with E-state index in [0.717, 1.165) is 34.0 Å². The third kappa shape index (κ3) is 8.74. The van der Waals surface area contributed by atoms with Gasteiger partial charge in [-0.25, -0.2) is 0 Å². The predicted octanol–water partition coefficient (Wildman–Crippen LogP) is 6.51. The number of benzene rings is 3. The third-order valence-corrected chi connectivity index (χ3v) is 6.73. The molecule has 1 N–H and O–H groups in total. The van der Waals surface area contributed by atoms with Gasteiger partial charge in [-0.3, -0.25) is 9.59 Å². The molecule has 37 heavy (non-hydrogen) atoms. The number of para-hydroxylation sites is 1. The smallest absolute Gasteiger partial charge is 0.261 e. The van der Waals surface area contributed by atoms with E-state index in [1.165, 1.54) is 0 Å². The van der Waals surface area contributed by atoms with E-state index in [2.05, 4.69) is 42.0 Å². The zero-order chi connectivity index (χ0) is 26.6. The molecule has 2 amide bonds. The average molecular weight is 566 g/mol. The third-order valence-electron chi connectivity index (χ3n) is 6.23. The van der Waals surface area contributed by atoms with Crippen molar-refractivity contribution in [3.05, 3.63) is 100 Å². The first-order chi connectivity index (χ1) is 17.9. The van der Waals surface area contributed by atoms with Crippen molar-refractivity contribution in [3.8, 4) is 5.75 Å². The van der Waals surface area contributed by atoms with E-state index in [9.17, 15) is 9.59 Å². The van der Waals surface area contributed by atoms with Crippen molar-refractivity contribution in [3.63, 3.8) is 0 Å². The number of ether oxygens (including phenoxy) is 1. The average Bonchev–Trinajstić information content (AvgIpc) is 2.90. The lowest BCUT2D eigenvalue weighted by Crippen LogP contribution is -2.51. The normalized spacial score (nSPS) is 11.7. The molecule has 0 heterocycles. The maximum absolute atomic E-state index is 13.8. The van der Waals surface area contributed by atoms with Crippen LogP contribution >= 0.6 is 15.9 Å². The molecule has 0 aromatic heterocycles. The van der Waals surface area contributed by atoms with Crippen molar-refractivity contribution < 1.29 is 14.3 Å². The first-order valence-corrected chi connectivity index (χ1v) is 13.8. The van der Waals surface area contributed by atoms with Crippen LogP contribution in [0.15, 0.2) is 83.3 Å². The van der Waals surface area contributed by atoms with Crippen molar-refractivity contribution in [2.24, 2.45) is 0 Å². The van der Waals surface area contributed by atoms with E-state index in [0.29, 0.717) is 25.3 Å². The fourth-order valence-electron chi connectivity index (χ4n) is 4.20. The molecule has 0 bridgehead atoms. The fraction of sp³-hybridized carbons (Fsp3) is 0.355. The number of hydrogen-bond acceptors (Lipinski definition) is 3. The summed E-state index contributed by atoms with van der Waals surface area (Å²) in [5.74, 6) is 0.577. The first kappa shape index (κ1) is 28.5. The monoisotopic (exact) mass is 564 g/mol. The first-order valence-electron chi connectivity index (χ1n) is 13.0. The van der Waals surface area contributed by atoms with Gasteiger partial charge < -0.3 is 15.0 Å². The number of nitrogens with one attached hydrogen (secondary N) is 1. The minimum atomic E-state index is -0.672. The van der Waals surface area contributed by atoms with Crippen LogP contribution in [0.25, 0.3) is 0 Å². The summed E-state index contributed by atoms with van der Waals surface area (Å²) < 4.78 is 6.97. The van der Waals surface area contributed by atoms with Crippen LogP contribution in [0.1, 0.15) is 56.2 Å². The van der Waals surface area contributed by atoms with Crippen LogP contribution in [0.4, 0.5) is 0 Å². The summed E-state index contributed by atoms with van der Waals surface area (Å²) in [7, 11) is 0. The molecule has 0 radical (unpaired) electrons. The van der Waals surface area contributed by atoms with Gasteiger partial charge in [0.25, 0.3) is 5.91 Å². The summed E-state index contributed by atoms with van der Waals surface area (Å²) in [5.41, 5.74) is 2.98. The molecule has 0 aliphatic heterocycles. The molecule has 0 saturated heterocycles. The molecule has 0 aliphatic carbocycles. The molecular formula is C31H37BrN2O3. The van der Waals surface area contributed by atoms with Gasteiger partial charge in [-0.15, -0.1) is 0 Å². The van der Waals surface area contributed by atoms with Crippen molar-refractivity contribution in [2.75, 3.05) is 13.2 Å². The lowest BCUT2D eigenvalue weighted by Gasteiger charge is -2.31. The molecule has 6 heteroatoms. The molecule has 1 atom stereocenters. The zero-order valence-corrected chi connectivity index (χ0v) is 23.5. The van der Waals surface area contributed by atoms with Crippen molar-refractivity contribution >= 4 is 27.7 Å². The quantitative estimate of drug-likeness (QED) is 0.241. The van der Waals surface area contributed by atoms with Gasteiger partial charge >= 0.3 is 0 Å². The Kier molecular flexibility index (Phi) is 11.2. The van der Waals surface area contributed by atoms with E-state index >= 15 is 0 Å². The van der Waals surface area contributed by atoms with Gasteiger partial charge in [0.1, 0.15) is 11.8 Å². The Balaban J connectivity index is 1.91. The Hall–Kier alpha value is -3.12. The Morgan fingerprint density at radius 2 is 1.65 bits per heavy atom. The highest BCUT2D eigenvalue weighted by atomic mass is 79.9. The largest absolute Gasteiger partial charge is 0.483 e. The van der Waals surface area contributed by atoms with Crippen molar-refractivity contribution in [1.29, 1.82) is 0 Å². The Morgan fingerprint density at radius 1 is 0.946 bits per heavy atom. The molecule has 196 valence electrons. The second-order valence-electron chi connectivity index (χ2n) is 9.48. The van der Waals surface area contributed by atoms with E-state index in [-0.39, 0.29) is 24.3 Å². The van der Waals surface area contributed by atoms with Gasteiger partial charge in [-0.05, 0) is 47.2 Å². The topological polar surface area (TPSA) is 58.6 Å². The highest BCUT2D eigenvalue weighted by Gasteiger charge is 2.30. The predicted molar refractivity (Wildman–Crippen MR) is 153 cm³/mol. The number of carbonyl (C=O) groups is 2. The number of hydrogen-bond donors (Lipinski definition) is 1. The molecular weight excluding hydrogens is 528 g/mol. The minimum absolute atomic E-state index is 0.148. The van der Waals surface area contributed by atoms with Gasteiger partial charge in [-0.2, -0.15) is 0 Å². The summed E-state index contributed by atoms with van der Waals surface area (Å²) in [6.45, 7) is 7.01. The van der Waals surface area contributed by atoms with Crippen LogP contribution in [-0.4, -0.2) is 35.9 Å². The van der Waals surface area contributed by atoms with Crippen LogP contribution in [0.2, 0.25) is 0 Å².